The van der Waals surface area contributed by atoms with Crippen LogP contribution in [0.15, 0.2) is 10.8 Å². The maximum atomic E-state index is 11.6. The van der Waals surface area contributed by atoms with Crippen LogP contribution in [0.1, 0.15) is 6.92 Å². The lowest BCUT2D eigenvalue weighted by atomic mass is 9.94. The van der Waals surface area contributed by atoms with Crippen LogP contribution in [0.4, 0.5) is 0 Å². The minimum atomic E-state index is -3.61. The highest BCUT2D eigenvalue weighted by Crippen LogP contribution is 2.61. The molecule has 1 aliphatic rings. The van der Waals surface area contributed by atoms with E-state index in [1.165, 1.54) is 34.0 Å². The summed E-state index contributed by atoms with van der Waals surface area (Å²) < 4.78 is 63.1. The van der Waals surface area contributed by atoms with Gasteiger partial charge in [-0.2, -0.15) is 8.42 Å². The Kier molecular flexibility index (Phi) is 7.44. The molecule has 0 saturated heterocycles. The number of hydrogen-bond acceptors (Lipinski definition) is 12. The van der Waals surface area contributed by atoms with Gasteiger partial charge in [0.2, 0.25) is 0 Å². The van der Waals surface area contributed by atoms with E-state index in [-0.39, 0.29) is 19.8 Å². The second-order valence-corrected chi connectivity index (χ2v) is 12.5. The monoisotopic (exact) mass is 562 g/mol. The third kappa shape index (κ3) is 5.05. The minimum Gasteiger partial charge on any atom is -0.492 e. The average Bonchev–Trinajstić information content (AvgIpc) is 3.50. The van der Waals surface area contributed by atoms with Gasteiger partial charge in [-0.05, 0) is 0 Å². The Balaban J connectivity index is 1.84. The molecule has 0 amide bonds. The van der Waals surface area contributed by atoms with E-state index in [4.69, 9.17) is 32.6 Å². The van der Waals surface area contributed by atoms with E-state index in [1.54, 1.807) is 28.4 Å². The number of ether oxygens (including phenoxy) is 6. The zero-order valence-corrected chi connectivity index (χ0v) is 23.3. The summed E-state index contributed by atoms with van der Waals surface area (Å²) in [7, 11) is 2.74. The van der Waals surface area contributed by atoms with Crippen molar-refractivity contribution in [3.63, 3.8) is 0 Å². The molecule has 0 unspecified atom stereocenters. The van der Waals surface area contributed by atoms with Crippen LogP contribution in [0.2, 0.25) is 0 Å². The van der Waals surface area contributed by atoms with E-state index in [2.05, 4.69) is 0 Å². The van der Waals surface area contributed by atoms with E-state index < -0.39 is 15.5 Å². The maximum Gasteiger partial charge on any atom is 0.264 e. The van der Waals surface area contributed by atoms with Gasteiger partial charge in [-0.1, -0.05) is 6.92 Å². The van der Waals surface area contributed by atoms with Crippen molar-refractivity contribution < 1.29 is 41.0 Å². The summed E-state index contributed by atoms with van der Waals surface area (Å²) >= 11 is 4.42. The van der Waals surface area contributed by atoms with Crippen molar-refractivity contribution in [1.82, 2.24) is 0 Å². The van der Waals surface area contributed by atoms with Gasteiger partial charge in [0.05, 0.1) is 79.4 Å². The highest BCUT2D eigenvalue weighted by Gasteiger charge is 2.38. The minimum absolute atomic E-state index is 0.0729. The van der Waals surface area contributed by atoms with Crippen LogP contribution >= 0.6 is 34.0 Å². The van der Waals surface area contributed by atoms with Gasteiger partial charge in [-0.3, -0.25) is 4.18 Å². The Morgan fingerprint density at radius 1 is 0.829 bits per heavy atom. The SMILES string of the molecule is COc1csc(-c2sc(-c3scc(OC)c3OC)c3c2OCC(C)(COS(C)(=O)=O)CO3)c1OC. The summed E-state index contributed by atoms with van der Waals surface area (Å²) in [5, 5.41) is 3.74. The van der Waals surface area contributed by atoms with E-state index in [0.717, 1.165) is 25.8 Å². The molecular formula is C22H26O9S4. The lowest BCUT2D eigenvalue weighted by Gasteiger charge is -2.25. The maximum absolute atomic E-state index is 11.6. The molecule has 13 heteroatoms. The molecule has 1 aliphatic heterocycles. The second kappa shape index (κ2) is 10.1. The van der Waals surface area contributed by atoms with Crippen LogP contribution in [-0.4, -0.2) is 62.9 Å². The van der Waals surface area contributed by atoms with Crippen LogP contribution in [0.3, 0.4) is 0 Å². The van der Waals surface area contributed by atoms with Crippen molar-refractivity contribution in [3.05, 3.63) is 10.8 Å². The lowest BCUT2D eigenvalue weighted by Crippen LogP contribution is -2.36. The summed E-state index contributed by atoms with van der Waals surface area (Å²) in [4.78, 5) is 3.28. The van der Waals surface area contributed by atoms with Crippen molar-refractivity contribution in [2.24, 2.45) is 5.41 Å². The number of fused-ring (bicyclic) bond motifs is 1. The van der Waals surface area contributed by atoms with E-state index in [1.807, 2.05) is 17.7 Å². The van der Waals surface area contributed by atoms with Crippen LogP contribution in [0.25, 0.3) is 19.5 Å². The predicted octanol–water partition coefficient (Wildman–Crippen LogP) is 4.99. The molecule has 0 aliphatic carbocycles. The van der Waals surface area contributed by atoms with Crippen molar-refractivity contribution in [1.29, 1.82) is 0 Å². The zero-order valence-electron chi connectivity index (χ0n) is 20.1. The fraction of sp³-hybridized carbons (Fsp3) is 0.455. The Bertz CT molecular complexity index is 1230. The van der Waals surface area contributed by atoms with Crippen LogP contribution in [-0.2, 0) is 14.3 Å². The third-order valence-corrected chi connectivity index (χ3v) is 9.17. The van der Waals surface area contributed by atoms with E-state index in [9.17, 15) is 8.42 Å². The standard InChI is InChI=1S/C22H26O9S4/c1-22(11-31-35(6,23)24)9-29-16-17(30-10-22)21(19-15(28-5)13(26-3)8-33-19)34-20(16)18-14(27-4)12(25-2)7-32-18/h7-8H,9-11H2,1-6H3. The average molecular weight is 563 g/mol. The highest BCUT2D eigenvalue weighted by atomic mass is 32.2. The largest absolute Gasteiger partial charge is 0.492 e. The van der Waals surface area contributed by atoms with Crippen LogP contribution in [0.5, 0.6) is 34.5 Å². The van der Waals surface area contributed by atoms with Gasteiger partial charge < -0.3 is 28.4 Å². The highest BCUT2D eigenvalue weighted by molar-refractivity contribution is 7.85. The van der Waals surface area contributed by atoms with Crippen LogP contribution in [0, 0.1) is 5.41 Å². The number of hydrogen-bond donors (Lipinski definition) is 0. The van der Waals surface area contributed by atoms with Gasteiger partial charge in [0.25, 0.3) is 10.1 Å². The molecule has 0 atom stereocenters. The molecular weight excluding hydrogens is 537 g/mol. The zero-order chi connectivity index (χ0) is 25.4. The number of rotatable bonds is 9. The summed E-state index contributed by atoms with van der Waals surface area (Å²) in [6.45, 7) is 2.16. The molecule has 0 N–H and O–H groups in total. The molecule has 192 valence electrons. The quantitative estimate of drug-likeness (QED) is 0.334. The van der Waals surface area contributed by atoms with Crippen molar-refractivity contribution in [2.75, 3.05) is 54.5 Å². The van der Waals surface area contributed by atoms with Gasteiger partial charge in [0.1, 0.15) is 0 Å². The predicted molar refractivity (Wildman–Crippen MR) is 137 cm³/mol. The topological polar surface area (TPSA) is 98.8 Å². The van der Waals surface area contributed by atoms with Gasteiger partial charge >= 0.3 is 0 Å². The molecule has 4 rings (SSSR count). The van der Waals surface area contributed by atoms with Crippen LogP contribution < -0.4 is 28.4 Å². The molecule has 3 aromatic rings. The van der Waals surface area contributed by atoms with E-state index >= 15 is 0 Å². The molecule has 0 saturated carbocycles. The Labute approximate surface area is 216 Å². The fourth-order valence-electron chi connectivity index (χ4n) is 3.47. The lowest BCUT2D eigenvalue weighted by molar-refractivity contribution is 0.0687. The van der Waals surface area contributed by atoms with Crippen molar-refractivity contribution >= 4 is 44.1 Å². The molecule has 9 nitrogen and oxygen atoms in total. The van der Waals surface area contributed by atoms with Crippen molar-refractivity contribution in [2.45, 2.75) is 6.92 Å². The Morgan fingerprint density at radius 2 is 1.29 bits per heavy atom. The van der Waals surface area contributed by atoms with Gasteiger partial charge in [-0.15, -0.1) is 34.0 Å². The summed E-state index contributed by atoms with van der Waals surface area (Å²) in [5.74, 6) is 3.52. The normalized spacial score (nSPS) is 14.9. The second-order valence-electron chi connectivity index (χ2n) is 8.11. The van der Waals surface area contributed by atoms with Gasteiger partial charge in [-0.25, -0.2) is 0 Å². The molecule has 0 spiro atoms. The first-order chi connectivity index (χ1) is 16.6. The number of methoxy groups -OCH3 is 4. The molecule has 4 heterocycles. The Morgan fingerprint density at radius 3 is 1.66 bits per heavy atom. The first kappa shape index (κ1) is 25.9. The summed E-state index contributed by atoms with van der Waals surface area (Å²) in [6.07, 6.45) is 1.02. The smallest absolute Gasteiger partial charge is 0.264 e. The molecule has 3 aromatic heterocycles. The molecule has 0 aromatic carbocycles. The summed E-state index contributed by atoms with van der Waals surface area (Å²) in [5.41, 5.74) is -0.706. The van der Waals surface area contributed by atoms with Crippen molar-refractivity contribution in [3.8, 4) is 54.0 Å². The van der Waals surface area contributed by atoms with Gasteiger partial charge in [0.15, 0.2) is 34.5 Å². The Hall–Kier alpha value is -2.19. The molecule has 35 heavy (non-hydrogen) atoms. The first-order valence-electron chi connectivity index (χ1n) is 10.3. The molecule has 0 fully saturated rings. The third-order valence-electron chi connectivity index (χ3n) is 5.26. The van der Waals surface area contributed by atoms with E-state index in [0.29, 0.717) is 34.5 Å². The molecule has 0 radical (unpaired) electrons. The fourth-order valence-corrected chi connectivity index (χ4v) is 7.41. The van der Waals surface area contributed by atoms with Gasteiger partial charge in [0, 0.05) is 10.8 Å². The number of thiophene rings is 3. The summed E-state index contributed by atoms with van der Waals surface area (Å²) in [6, 6.07) is 0. The first-order valence-corrected chi connectivity index (χ1v) is 14.7. The molecule has 0 bridgehead atoms.